The molecule has 2 aromatic rings. The van der Waals surface area contributed by atoms with Gasteiger partial charge in [-0.05, 0) is 37.1 Å². The van der Waals surface area contributed by atoms with Crippen LogP contribution in [0.5, 0.6) is 0 Å². The Hall–Kier alpha value is -2.33. The molecule has 0 atom stereocenters. The largest absolute Gasteiger partial charge is 0.465 e. The van der Waals surface area contributed by atoms with Gasteiger partial charge in [0.25, 0.3) is 0 Å². The van der Waals surface area contributed by atoms with Gasteiger partial charge in [0.2, 0.25) is 0 Å². The third-order valence-corrected chi connectivity index (χ3v) is 5.78. The first-order chi connectivity index (χ1) is 12.2. The summed E-state index contributed by atoms with van der Waals surface area (Å²) in [6.07, 6.45) is 1.37. The second kappa shape index (κ2) is 6.52. The van der Waals surface area contributed by atoms with Crippen molar-refractivity contribution in [2.45, 2.75) is 18.9 Å². The summed E-state index contributed by atoms with van der Waals surface area (Å²) in [5.41, 5.74) is 2.86. The first-order valence-electron chi connectivity index (χ1n) is 8.99. The summed E-state index contributed by atoms with van der Waals surface area (Å²) < 4.78 is 0. The van der Waals surface area contributed by atoms with Gasteiger partial charge in [-0.2, -0.15) is 0 Å². The molecule has 4 nitrogen and oxygen atoms in total. The first kappa shape index (κ1) is 16.2. The molecule has 25 heavy (non-hydrogen) atoms. The first-order valence-corrected chi connectivity index (χ1v) is 8.99. The maximum Gasteiger partial charge on any atom is 0.407 e. The van der Waals surface area contributed by atoms with Crippen LogP contribution in [0.4, 0.5) is 4.79 Å². The van der Waals surface area contributed by atoms with E-state index in [1.165, 1.54) is 11.1 Å². The van der Waals surface area contributed by atoms with Crippen molar-refractivity contribution in [3.63, 3.8) is 0 Å². The molecule has 0 unspecified atom stereocenters. The molecular weight excluding hydrogens is 312 g/mol. The number of piperidine rings is 1. The van der Waals surface area contributed by atoms with Crippen LogP contribution in [0.2, 0.25) is 0 Å². The summed E-state index contributed by atoms with van der Waals surface area (Å²) in [6, 6.07) is 21.6. The van der Waals surface area contributed by atoms with Gasteiger partial charge >= 0.3 is 6.09 Å². The van der Waals surface area contributed by atoms with Crippen LogP contribution >= 0.6 is 0 Å². The van der Waals surface area contributed by atoms with Gasteiger partial charge in [0.15, 0.2) is 0 Å². The molecule has 2 saturated heterocycles. The number of carbonyl (C=O) groups is 1. The van der Waals surface area contributed by atoms with E-state index in [0.29, 0.717) is 13.1 Å². The predicted molar refractivity (Wildman–Crippen MR) is 97.6 cm³/mol. The summed E-state index contributed by atoms with van der Waals surface area (Å²) in [5.74, 6) is 0. The van der Waals surface area contributed by atoms with Gasteiger partial charge in [0.1, 0.15) is 0 Å². The summed E-state index contributed by atoms with van der Waals surface area (Å²) in [6.45, 7) is 3.44. The number of carboxylic acid groups (broad SMARTS) is 1. The van der Waals surface area contributed by atoms with Crippen molar-refractivity contribution in [2.75, 3.05) is 26.2 Å². The van der Waals surface area contributed by atoms with Crippen molar-refractivity contribution in [3.05, 3.63) is 71.8 Å². The Morgan fingerprint density at radius 3 is 1.80 bits per heavy atom. The Morgan fingerprint density at radius 1 is 0.880 bits per heavy atom. The molecule has 0 aromatic heterocycles. The third-order valence-electron chi connectivity index (χ3n) is 5.78. The minimum atomic E-state index is -0.778. The minimum Gasteiger partial charge on any atom is -0.465 e. The van der Waals surface area contributed by atoms with Gasteiger partial charge in [0.05, 0.1) is 6.04 Å². The van der Waals surface area contributed by atoms with Crippen molar-refractivity contribution in [1.82, 2.24) is 9.80 Å². The fourth-order valence-electron chi connectivity index (χ4n) is 4.36. The van der Waals surface area contributed by atoms with E-state index in [2.05, 4.69) is 65.6 Å². The summed E-state index contributed by atoms with van der Waals surface area (Å²) in [7, 11) is 0. The smallest absolute Gasteiger partial charge is 0.407 e. The molecule has 4 rings (SSSR count). The molecule has 4 heteroatoms. The van der Waals surface area contributed by atoms with Crippen LogP contribution in [0.15, 0.2) is 60.7 Å². The molecule has 1 N–H and O–H groups in total. The number of hydrogen-bond donors (Lipinski definition) is 1. The van der Waals surface area contributed by atoms with Crippen LogP contribution in [0, 0.1) is 5.41 Å². The average molecular weight is 336 g/mol. The highest BCUT2D eigenvalue weighted by atomic mass is 16.4. The molecule has 2 aromatic carbocycles. The molecule has 130 valence electrons. The van der Waals surface area contributed by atoms with Gasteiger partial charge < -0.3 is 10.0 Å². The second-order valence-corrected chi connectivity index (χ2v) is 7.40. The lowest BCUT2D eigenvalue weighted by atomic mass is 9.71. The van der Waals surface area contributed by atoms with Crippen molar-refractivity contribution in [1.29, 1.82) is 0 Å². The topological polar surface area (TPSA) is 43.8 Å². The van der Waals surface area contributed by atoms with Crippen LogP contribution in [-0.2, 0) is 0 Å². The van der Waals surface area contributed by atoms with Crippen molar-refractivity contribution in [3.8, 4) is 0 Å². The van der Waals surface area contributed by atoms with E-state index in [-0.39, 0.29) is 11.5 Å². The zero-order valence-corrected chi connectivity index (χ0v) is 14.3. The van der Waals surface area contributed by atoms with Crippen LogP contribution < -0.4 is 0 Å². The predicted octanol–water partition coefficient (Wildman–Crippen LogP) is 3.85. The number of likely N-dealkylation sites (tertiary alicyclic amines) is 2. The van der Waals surface area contributed by atoms with Crippen LogP contribution in [0.25, 0.3) is 0 Å². The van der Waals surface area contributed by atoms with E-state index < -0.39 is 6.09 Å². The monoisotopic (exact) mass is 336 g/mol. The Labute approximate surface area is 148 Å². The molecular formula is C21H24N2O2. The van der Waals surface area contributed by atoms with E-state index in [1.807, 2.05) is 0 Å². The van der Waals surface area contributed by atoms with Crippen LogP contribution in [0.3, 0.4) is 0 Å². The maximum atomic E-state index is 11.1. The minimum absolute atomic E-state index is 0.215. The lowest BCUT2D eigenvalue weighted by Crippen LogP contribution is -2.61. The highest BCUT2D eigenvalue weighted by molar-refractivity contribution is 5.66. The quantitative estimate of drug-likeness (QED) is 0.926. The SMILES string of the molecule is O=C(O)N1CC2(CCN(C(c3ccccc3)c3ccccc3)CC2)C1. The lowest BCUT2D eigenvalue weighted by molar-refractivity contribution is -0.0389. The van der Waals surface area contributed by atoms with Crippen LogP contribution in [-0.4, -0.2) is 47.2 Å². The van der Waals surface area contributed by atoms with E-state index in [0.717, 1.165) is 25.9 Å². The zero-order chi connectivity index (χ0) is 17.3. The summed E-state index contributed by atoms with van der Waals surface area (Å²) in [4.78, 5) is 15.2. The molecule has 2 aliphatic rings. The Bertz CT molecular complexity index is 677. The molecule has 2 fully saturated rings. The van der Waals surface area contributed by atoms with Crippen molar-refractivity contribution >= 4 is 6.09 Å². The van der Waals surface area contributed by atoms with E-state index in [9.17, 15) is 4.79 Å². The van der Waals surface area contributed by atoms with Crippen molar-refractivity contribution < 1.29 is 9.90 Å². The van der Waals surface area contributed by atoms with Crippen molar-refractivity contribution in [2.24, 2.45) is 5.41 Å². The fourth-order valence-corrected chi connectivity index (χ4v) is 4.36. The summed E-state index contributed by atoms with van der Waals surface area (Å²) in [5, 5.41) is 9.10. The molecule has 2 heterocycles. The zero-order valence-electron chi connectivity index (χ0n) is 14.3. The molecule has 1 amide bonds. The molecule has 0 bridgehead atoms. The van der Waals surface area contributed by atoms with E-state index in [1.54, 1.807) is 4.90 Å². The van der Waals surface area contributed by atoms with E-state index >= 15 is 0 Å². The second-order valence-electron chi connectivity index (χ2n) is 7.40. The van der Waals surface area contributed by atoms with Gasteiger partial charge in [-0.15, -0.1) is 0 Å². The van der Waals surface area contributed by atoms with Gasteiger partial charge in [0, 0.05) is 18.5 Å². The number of rotatable bonds is 3. The van der Waals surface area contributed by atoms with Gasteiger partial charge in [-0.25, -0.2) is 4.79 Å². The standard InChI is InChI=1S/C21H24N2O2/c24-20(25)23-15-21(16-23)11-13-22(14-12-21)19(17-7-3-1-4-8-17)18-9-5-2-6-10-18/h1-10,19H,11-16H2,(H,24,25). The Kier molecular flexibility index (Phi) is 4.22. The molecule has 2 aliphatic heterocycles. The molecule has 0 aliphatic carbocycles. The fraction of sp³-hybridized carbons (Fsp3) is 0.381. The molecule has 0 radical (unpaired) electrons. The maximum absolute atomic E-state index is 11.1. The number of hydrogen-bond acceptors (Lipinski definition) is 2. The Balaban J connectivity index is 1.51. The van der Waals surface area contributed by atoms with Crippen LogP contribution in [0.1, 0.15) is 30.0 Å². The summed E-state index contributed by atoms with van der Waals surface area (Å²) >= 11 is 0. The average Bonchev–Trinajstić information content (AvgIpc) is 2.62. The number of nitrogens with zero attached hydrogens (tertiary/aromatic N) is 2. The molecule has 1 spiro atoms. The third kappa shape index (κ3) is 3.14. The van der Waals surface area contributed by atoms with Gasteiger partial charge in [-0.3, -0.25) is 4.90 Å². The Morgan fingerprint density at radius 2 is 1.36 bits per heavy atom. The normalized spacial score (nSPS) is 19.8. The highest BCUT2D eigenvalue weighted by Gasteiger charge is 2.47. The van der Waals surface area contributed by atoms with E-state index in [4.69, 9.17) is 5.11 Å². The number of amides is 1. The molecule has 0 saturated carbocycles. The highest BCUT2D eigenvalue weighted by Crippen LogP contribution is 2.43. The lowest BCUT2D eigenvalue weighted by Gasteiger charge is -2.53. The van der Waals surface area contributed by atoms with Gasteiger partial charge in [-0.1, -0.05) is 60.7 Å². The number of benzene rings is 2.